The van der Waals surface area contributed by atoms with Crippen LogP contribution >= 0.6 is 0 Å². The molecule has 4 rings (SSSR count). The molecule has 4 saturated heterocycles. The summed E-state index contributed by atoms with van der Waals surface area (Å²) in [7, 11) is 1.66. The van der Waals surface area contributed by atoms with Gasteiger partial charge in [0.25, 0.3) is 0 Å². The van der Waals surface area contributed by atoms with Crippen molar-refractivity contribution in [3.05, 3.63) is 0 Å². The van der Waals surface area contributed by atoms with Crippen molar-refractivity contribution >= 4 is 6.29 Å². The van der Waals surface area contributed by atoms with E-state index in [4.69, 9.17) is 37.9 Å². The second-order valence-electron chi connectivity index (χ2n) is 13.3. The molecule has 23 nitrogen and oxygen atoms in total. The first-order chi connectivity index (χ1) is 25.2. The highest BCUT2D eigenvalue weighted by Crippen LogP contribution is 2.31. The van der Waals surface area contributed by atoms with Gasteiger partial charge in [0.1, 0.15) is 91.7 Å². The number of aldehydes is 1. The molecule has 0 saturated carbocycles. The molecule has 0 spiro atoms. The molecule has 0 aliphatic carbocycles. The third-order valence-corrected chi connectivity index (χ3v) is 9.66. The second kappa shape index (κ2) is 20.3. The highest BCUT2D eigenvalue weighted by Gasteiger charge is 2.52. The van der Waals surface area contributed by atoms with E-state index in [1.165, 1.54) is 0 Å². The van der Waals surface area contributed by atoms with Crippen molar-refractivity contribution in [1.29, 1.82) is 0 Å². The molecule has 0 bridgehead atoms. The van der Waals surface area contributed by atoms with Crippen molar-refractivity contribution in [3.8, 4) is 0 Å². The molecule has 23 heteroatoms. The molecule has 0 radical (unpaired) electrons. The van der Waals surface area contributed by atoms with Crippen LogP contribution in [-0.4, -0.2) is 254 Å². The Morgan fingerprint density at radius 2 is 0.943 bits per heavy atom. The molecule has 4 fully saturated rings. The maximum atomic E-state index is 11.4. The fourth-order valence-corrected chi connectivity index (χ4v) is 6.24. The molecule has 20 atom stereocenters. The van der Waals surface area contributed by atoms with E-state index >= 15 is 0 Å². The third-order valence-electron chi connectivity index (χ3n) is 9.66. The minimum absolute atomic E-state index is 0.0425. The van der Waals surface area contributed by atoms with Gasteiger partial charge in [0.05, 0.1) is 51.7 Å². The number of ether oxygens (including phenoxy) is 8. The van der Waals surface area contributed by atoms with Gasteiger partial charge in [0.2, 0.25) is 0 Å². The van der Waals surface area contributed by atoms with Crippen molar-refractivity contribution in [1.82, 2.24) is 4.90 Å². The number of hydrogen-bond acceptors (Lipinski definition) is 23. The van der Waals surface area contributed by atoms with Crippen LogP contribution in [0.3, 0.4) is 0 Å². The fraction of sp³-hybridized carbons (Fsp3) is 0.967. The lowest BCUT2D eigenvalue weighted by Gasteiger charge is -2.46. The second-order valence-corrected chi connectivity index (χ2v) is 13.3. The lowest BCUT2D eigenvalue weighted by Crippen LogP contribution is -2.65. The van der Waals surface area contributed by atoms with Crippen LogP contribution in [0.4, 0.5) is 0 Å². The maximum absolute atomic E-state index is 11.4. The van der Waals surface area contributed by atoms with Gasteiger partial charge in [-0.15, -0.1) is 0 Å². The van der Waals surface area contributed by atoms with Crippen LogP contribution in [0.5, 0.6) is 0 Å². The SMILES string of the molecule is CN(CCO[C@@H]1O[C@H](CO)[C@@H](O)[C@H](C=O)[C@@H]1O)CCO[C@H]1O[C@H](CO[C@H]2O[C@H](CO)[C@@H](O)[C@H](O)[C@@H]2O)[C@@H](O)[C@H](O[C@H]2O[C@H](CO)[C@@H](O)[C@H](O)[C@@H]2O)[C@@H]1O. The summed E-state index contributed by atoms with van der Waals surface area (Å²) in [6, 6.07) is 0. The van der Waals surface area contributed by atoms with E-state index in [-0.39, 0.29) is 26.3 Å². The molecule has 4 aliphatic rings. The van der Waals surface area contributed by atoms with Crippen LogP contribution in [0.2, 0.25) is 0 Å². The molecule has 13 N–H and O–H groups in total. The van der Waals surface area contributed by atoms with Gasteiger partial charge in [-0.1, -0.05) is 0 Å². The van der Waals surface area contributed by atoms with E-state index in [9.17, 15) is 71.2 Å². The summed E-state index contributed by atoms with van der Waals surface area (Å²) in [6.45, 7) is -2.59. The molecule has 53 heavy (non-hydrogen) atoms. The third kappa shape index (κ3) is 10.4. The molecule has 4 aliphatic heterocycles. The maximum Gasteiger partial charge on any atom is 0.187 e. The zero-order valence-electron chi connectivity index (χ0n) is 28.7. The first-order valence-electron chi connectivity index (χ1n) is 17.1. The molecule has 0 amide bonds. The Bertz CT molecular complexity index is 1090. The zero-order chi connectivity index (χ0) is 39.1. The number of nitrogens with zero attached hydrogens (tertiary/aromatic N) is 1. The van der Waals surface area contributed by atoms with E-state index in [0.29, 0.717) is 6.29 Å². The Kier molecular flexibility index (Phi) is 17.0. The molecule has 0 aromatic heterocycles. The van der Waals surface area contributed by atoms with Crippen LogP contribution < -0.4 is 0 Å². The van der Waals surface area contributed by atoms with Gasteiger partial charge in [-0.2, -0.15) is 0 Å². The van der Waals surface area contributed by atoms with Gasteiger partial charge in [-0.3, -0.25) is 0 Å². The van der Waals surface area contributed by atoms with Gasteiger partial charge in [-0.05, 0) is 7.05 Å². The molecule has 4 heterocycles. The molecule has 0 aromatic rings. The van der Waals surface area contributed by atoms with Crippen LogP contribution in [0, 0.1) is 5.92 Å². The highest BCUT2D eigenvalue weighted by molar-refractivity contribution is 5.56. The molecule has 0 unspecified atom stereocenters. The van der Waals surface area contributed by atoms with Gasteiger partial charge in [0.15, 0.2) is 25.2 Å². The van der Waals surface area contributed by atoms with Crippen LogP contribution in [0.15, 0.2) is 0 Å². The summed E-state index contributed by atoms with van der Waals surface area (Å²) in [5.74, 6) is -1.24. The van der Waals surface area contributed by atoms with E-state index in [1.807, 2.05) is 0 Å². The minimum Gasteiger partial charge on any atom is -0.394 e. The number of carbonyl (C=O) groups excluding carboxylic acids is 1. The minimum atomic E-state index is -1.90. The molecular formula is C30H53NO22. The van der Waals surface area contributed by atoms with Crippen molar-refractivity contribution < 1.29 is 109 Å². The molecule has 0 aromatic carbocycles. The van der Waals surface area contributed by atoms with E-state index in [1.54, 1.807) is 11.9 Å². The Balaban J connectivity index is 1.37. The number of carbonyl (C=O) groups is 1. The Hall–Kier alpha value is -1.21. The lowest BCUT2D eigenvalue weighted by atomic mass is 9.90. The van der Waals surface area contributed by atoms with Crippen molar-refractivity contribution in [3.63, 3.8) is 0 Å². The summed E-state index contributed by atoms with van der Waals surface area (Å²) >= 11 is 0. The number of aliphatic hydroxyl groups excluding tert-OH is 13. The van der Waals surface area contributed by atoms with Crippen molar-refractivity contribution in [2.45, 2.75) is 117 Å². The number of hydrogen-bond donors (Lipinski definition) is 13. The van der Waals surface area contributed by atoms with E-state index in [2.05, 4.69) is 0 Å². The Morgan fingerprint density at radius 3 is 1.45 bits per heavy atom. The van der Waals surface area contributed by atoms with Crippen LogP contribution in [0.1, 0.15) is 0 Å². The van der Waals surface area contributed by atoms with E-state index in [0.717, 1.165) is 0 Å². The Morgan fingerprint density at radius 1 is 0.509 bits per heavy atom. The van der Waals surface area contributed by atoms with Crippen LogP contribution in [0.25, 0.3) is 0 Å². The van der Waals surface area contributed by atoms with Gasteiger partial charge < -0.3 is 114 Å². The standard InChI is InChI=1S/C30H53NO22/c1-31(2-4-46-27-17(37)11(6-32)16(36)12(7-33)49-27)3-5-47-29-25(45)26(53-30-24(44)22(42)19(39)14(9-35)51-30)20(40)15(52-29)10-48-28-23(43)21(41)18(38)13(8-34)50-28/h6,11-30,33-45H,2-5,7-10H2,1H3/t11-,12+,13+,14+,15+,16-,17-,18+,19+,20+,21-,22-,23-,24-,25-,26-,27+,28-,29-,30+/m0/s1. The zero-order valence-corrected chi connectivity index (χ0v) is 28.7. The summed E-state index contributed by atoms with van der Waals surface area (Å²) in [6.07, 6.45) is -30.2. The summed E-state index contributed by atoms with van der Waals surface area (Å²) < 4.78 is 44.3. The topological polar surface area (TPSA) is 357 Å². The summed E-state index contributed by atoms with van der Waals surface area (Å²) in [5, 5.41) is 133. The Labute approximate surface area is 302 Å². The largest absolute Gasteiger partial charge is 0.394 e. The lowest BCUT2D eigenvalue weighted by molar-refractivity contribution is -0.366. The molecular weight excluding hydrogens is 726 g/mol. The smallest absolute Gasteiger partial charge is 0.187 e. The number of likely N-dealkylation sites (N-methyl/N-ethyl adjacent to an activating group) is 1. The quantitative estimate of drug-likeness (QED) is 0.0610. The van der Waals surface area contributed by atoms with Crippen LogP contribution in [-0.2, 0) is 42.7 Å². The van der Waals surface area contributed by atoms with E-state index < -0.39 is 149 Å². The summed E-state index contributed by atoms with van der Waals surface area (Å²) in [4.78, 5) is 13.0. The predicted octanol–water partition coefficient (Wildman–Crippen LogP) is -9.35. The molecule has 310 valence electrons. The predicted molar refractivity (Wildman–Crippen MR) is 166 cm³/mol. The summed E-state index contributed by atoms with van der Waals surface area (Å²) in [5.41, 5.74) is 0. The average molecular weight is 780 g/mol. The number of aliphatic hydroxyl groups is 13. The average Bonchev–Trinajstić information content (AvgIpc) is 3.14. The number of rotatable bonds is 17. The fourth-order valence-electron chi connectivity index (χ4n) is 6.24. The normalized spacial score (nSPS) is 46.8. The van der Waals surface area contributed by atoms with Crippen molar-refractivity contribution in [2.24, 2.45) is 5.92 Å². The monoisotopic (exact) mass is 779 g/mol. The van der Waals surface area contributed by atoms with Gasteiger partial charge in [-0.25, -0.2) is 0 Å². The first-order valence-corrected chi connectivity index (χ1v) is 17.1. The van der Waals surface area contributed by atoms with Gasteiger partial charge >= 0.3 is 0 Å². The van der Waals surface area contributed by atoms with Crippen molar-refractivity contribution in [2.75, 3.05) is 59.8 Å². The highest BCUT2D eigenvalue weighted by atomic mass is 16.8. The van der Waals surface area contributed by atoms with Gasteiger partial charge in [0, 0.05) is 13.1 Å². The first kappa shape index (κ1) is 44.5.